The first-order valence-corrected chi connectivity index (χ1v) is 8.67. The smallest absolute Gasteiger partial charge is 0.261 e. The normalized spacial score (nSPS) is 20.8. The van der Waals surface area contributed by atoms with E-state index in [1.54, 1.807) is 0 Å². The van der Waals surface area contributed by atoms with E-state index in [0.717, 1.165) is 19.2 Å². The number of carbonyl (C=O) groups excluding carboxylic acids is 2. The molecule has 0 saturated carbocycles. The minimum Gasteiger partial charge on any atom is -0.375 e. The summed E-state index contributed by atoms with van der Waals surface area (Å²) in [6.07, 6.45) is -0.575. The van der Waals surface area contributed by atoms with Crippen molar-refractivity contribution in [3.05, 3.63) is 57.3 Å². The molecule has 134 valence electrons. The molecule has 0 spiro atoms. The lowest BCUT2D eigenvalue weighted by molar-refractivity contribution is -0.133. The van der Waals surface area contributed by atoms with E-state index in [4.69, 9.17) is 23.2 Å². The molecule has 2 N–H and O–H groups in total. The molecule has 1 unspecified atom stereocenters. The van der Waals surface area contributed by atoms with Crippen LogP contribution in [0.3, 0.4) is 0 Å². The summed E-state index contributed by atoms with van der Waals surface area (Å²) in [7, 11) is 0. The van der Waals surface area contributed by atoms with E-state index < -0.39 is 29.5 Å². The Morgan fingerprint density at radius 1 is 1.23 bits per heavy atom. The number of hydrogen-bond donors (Lipinski definition) is 2. The zero-order chi connectivity index (χ0) is 18.6. The number of Topliss-reactive ketones (excluding diaryl/α,β-unsaturated/α-hetero) is 1. The maximum Gasteiger partial charge on any atom is 0.261 e. The number of nitrogens with zero attached hydrogens (tertiary/aromatic N) is 1. The van der Waals surface area contributed by atoms with E-state index in [9.17, 15) is 19.1 Å². The lowest BCUT2D eigenvalue weighted by Crippen LogP contribution is -2.36. The van der Waals surface area contributed by atoms with Crippen molar-refractivity contribution in [2.24, 2.45) is 0 Å². The van der Waals surface area contributed by atoms with Crippen molar-refractivity contribution < 1.29 is 19.1 Å². The molecule has 0 aliphatic carbocycles. The van der Waals surface area contributed by atoms with Crippen LogP contribution in [0.1, 0.15) is 22.3 Å². The van der Waals surface area contributed by atoms with Crippen molar-refractivity contribution in [1.29, 1.82) is 0 Å². The van der Waals surface area contributed by atoms with Gasteiger partial charge in [0, 0.05) is 29.2 Å². The number of hydrogen-bond acceptors (Lipinski definition) is 4. The summed E-state index contributed by atoms with van der Waals surface area (Å²) in [5.41, 5.74) is -1.42. The van der Waals surface area contributed by atoms with Gasteiger partial charge in [-0.05, 0) is 30.3 Å². The highest BCUT2D eigenvalue weighted by atomic mass is 35.5. The van der Waals surface area contributed by atoms with Crippen molar-refractivity contribution in [3.8, 4) is 0 Å². The number of halogens is 3. The molecule has 2 aromatic carbocycles. The molecule has 0 radical (unpaired) electrons. The van der Waals surface area contributed by atoms with Crippen LogP contribution in [0.15, 0.2) is 30.3 Å². The molecule has 5 nitrogen and oxygen atoms in total. The standard InChI is InChI=1S/C18H13Cl2FN2O3/c19-10-2-3-11(20)16-15(10)18(26,17(25)22-16)8-14(24)9-1-4-13(12(21)7-9)23-5-6-23/h1-4,7,26H,5-6,8H2,(H,22,25). The molecule has 1 fully saturated rings. The minimum atomic E-state index is -2.16. The summed E-state index contributed by atoms with van der Waals surface area (Å²) in [4.78, 5) is 26.8. The Labute approximate surface area is 158 Å². The van der Waals surface area contributed by atoms with Gasteiger partial charge in [-0.3, -0.25) is 9.59 Å². The number of anilines is 2. The van der Waals surface area contributed by atoms with Gasteiger partial charge < -0.3 is 15.3 Å². The maximum absolute atomic E-state index is 14.2. The zero-order valence-corrected chi connectivity index (χ0v) is 14.9. The molecule has 2 aliphatic rings. The first-order valence-electron chi connectivity index (χ1n) is 7.91. The average molecular weight is 395 g/mol. The molecule has 26 heavy (non-hydrogen) atoms. The number of fused-ring (bicyclic) bond motifs is 1. The van der Waals surface area contributed by atoms with Gasteiger partial charge in [0.2, 0.25) is 0 Å². The fraction of sp³-hybridized carbons (Fsp3) is 0.222. The summed E-state index contributed by atoms with van der Waals surface area (Å²) in [5.74, 6) is -1.89. The van der Waals surface area contributed by atoms with Crippen LogP contribution in [0.4, 0.5) is 15.8 Å². The van der Waals surface area contributed by atoms with E-state index in [0.29, 0.717) is 5.69 Å². The quantitative estimate of drug-likeness (QED) is 0.616. The third-order valence-corrected chi connectivity index (χ3v) is 5.24. The molecule has 2 aromatic rings. The van der Waals surface area contributed by atoms with Crippen LogP contribution in [0.2, 0.25) is 10.0 Å². The first-order chi connectivity index (χ1) is 12.3. The lowest BCUT2D eigenvalue weighted by atomic mass is 9.88. The topological polar surface area (TPSA) is 69.4 Å². The van der Waals surface area contributed by atoms with E-state index in [1.165, 1.54) is 24.3 Å². The van der Waals surface area contributed by atoms with Crippen LogP contribution < -0.4 is 10.2 Å². The molecule has 0 aromatic heterocycles. The van der Waals surface area contributed by atoms with Crippen molar-refractivity contribution >= 4 is 46.3 Å². The van der Waals surface area contributed by atoms with Gasteiger partial charge in [0.1, 0.15) is 5.82 Å². The van der Waals surface area contributed by atoms with E-state index in [-0.39, 0.29) is 26.9 Å². The van der Waals surface area contributed by atoms with Gasteiger partial charge in [-0.15, -0.1) is 0 Å². The van der Waals surface area contributed by atoms with Crippen LogP contribution in [0.25, 0.3) is 0 Å². The average Bonchev–Trinajstić information content (AvgIpc) is 3.38. The number of ketones is 1. The molecule has 1 atom stereocenters. The van der Waals surface area contributed by atoms with Crippen LogP contribution >= 0.6 is 23.2 Å². The Hall–Kier alpha value is -2.15. The Bertz CT molecular complexity index is 962. The zero-order valence-electron chi connectivity index (χ0n) is 13.4. The highest BCUT2D eigenvalue weighted by Gasteiger charge is 2.49. The number of carbonyl (C=O) groups is 2. The van der Waals surface area contributed by atoms with Gasteiger partial charge in [-0.1, -0.05) is 23.2 Å². The molecule has 0 bridgehead atoms. The predicted molar refractivity (Wildman–Crippen MR) is 96.5 cm³/mol. The highest BCUT2D eigenvalue weighted by molar-refractivity contribution is 6.38. The van der Waals surface area contributed by atoms with Crippen molar-refractivity contribution in [1.82, 2.24) is 0 Å². The van der Waals surface area contributed by atoms with Gasteiger partial charge >= 0.3 is 0 Å². The van der Waals surface area contributed by atoms with Gasteiger partial charge in [-0.25, -0.2) is 4.39 Å². The Morgan fingerprint density at radius 2 is 1.92 bits per heavy atom. The van der Waals surface area contributed by atoms with Crippen molar-refractivity contribution in [2.45, 2.75) is 12.0 Å². The third kappa shape index (κ3) is 2.65. The second-order valence-electron chi connectivity index (χ2n) is 6.35. The highest BCUT2D eigenvalue weighted by Crippen LogP contribution is 2.46. The molecule has 2 heterocycles. The van der Waals surface area contributed by atoms with Gasteiger partial charge in [0.15, 0.2) is 11.4 Å². The van der Waals surface area contributed by atoms with Crippen molar-refractivity contribution in [2.75, 3.05) is 23.3 Å². The van der Waals surface area contributed by atoms with E-state index in [2.05, 4.69) is 5.32 Å². The molecular formula is C18H13Cl2FN2O3. The number of amides is 1. The second kappa shape index (κ2) is 5.94. The summed E-state index contributed by atoms with van der Waals surface area (Å²) >= 11 is 12.2. The van der Waals surface area contributed by atoms with Crippen molar-refractivity contribution in [3.63, 3.8) is 0 Å². The molecule has 8 heteroatoms. The largest absolute Gasteiger partial charge is 0.375 e. The van der Waals surface area contributed by atoms with E-state index >= 15 is 0 Å². The Morgan fingerprint density at radius 3 is 2.58 bits per heavy atom. The number of aliphatic hydroxyl groups is 1. The molecule has 4 rings (SSSR count). The third-order valence-electron chi connectivity index (χ3n) is 4.61. The number of nitrogens with one attached hydrogen (secondary N) is 1. The number of rotatable bonds is 4. The molecule has 1 amide bonds. The SMILES string of the molecule is O=C(CC1(O)C(=O)Nc2c(Cl)ccc(Cl)c21)c1ccc(N2CC2)c(F)c1. The van der Waals surface area contributed by atoms with Crippen LogP contribution in [-0.2, 0) is 10.4 Å². The Kier molecular flexibility index (Phi) is 3.95. The second-order valence-corrected chi connectivity index (χ2v) is 7.16. The van der Waals surface area contributed by atoms with E-state index in [1.807, 2.05) is 4.90 Å². The first kappa shape index (κ1) is 17.3. The fourth-order valence-electron chi connectivity index (χ4n) is 3.14. The van der Waals surface area contributed by atoms with Gasteiger partial charge in [-0.2, -0.15) is 0 Å². The summed E-state index contributed by atoms with van der Waals surface area (Å²) in [6, 6.07) is 7.05. The minimum absolute atomic E-state index is 0.0613. The van der Waals surface area contributed by atoms with Crippen LogP contribution in [-0.4, -0.2) is 29.9 Å². The van der Waals surface area contributed by atoms with Gasteiger partial charge in [0.05, 0.1) is 22.8 Å². The van der Waals surface area contributed by atoms with Gasteiger partial charge in [0.25, 0.3) is 5.91 Å². The monoisotopic (exact) mass is 394 g/mol. The summed E-state index contributed by atoms with van der Waals surface area (Å²) in [5, 5.41) is 13.7. The predicted octanol–water partition coefficient (Wildman–Crippen LogP) is 3.37. The van der Waals surface area contributed by atoms with Crippen LogP contribution in [0, 0.1) is 5.82 Å². The lowest BCUT2D eigenvalue weighted by Gasteiger charge is -2.21. The maximum atomic E-state index is 14.2. The molecular weight excluding hydrogens is 382 g/mol. The summed E-state index contributed by atoms with van der Waals surface area (Å²) < 4.78 is 14.2. The van der Waals surface area contributed by atoms with Crippen LogP contribution in [0.5, 0.6) is 0 Å². The fourth-order valence-corrected chi connectivity index (χ4v) is 3.66. The molecule has 1 saturated heterocycles. The Balaban J connectivity index is 1.67. The number of benzene rings is 2. The molecule has 2 aliphatic heterocycles. The summed E-state index contributed by atoms with van der Waals surface area (Å²) in [6.45, 7) is 1.56.